The van der Waals surface area contributed by atoms with Gasteiger partial charge in [-0.25, -0.2) is 32.2 Å². The number of pyridine rings is 1. The molecule has 192 valence electrons. The predicted molar refractivity (Wildman–Crippen MR) is 123 cm³/mol. The summed E-state index contributed by atoms with van der Waals surface area (Å²) >= 11 is 0. The maximum Gasteiger partial charge on any atom is 0.264 e. The molecule has 5 heterocycles. The van der Waals surface area contributed by atoms with Gasteiger partial charge in [0.15, 0.2) is 17.5 Å². The molecule has 1 aliphatic rings. The van der Waals surface area contributed by atoms with Crippen LogP contribution in [0.25, 0.3) is 5.82 Å². The highest BCUT2D eigenvalue weighted by Crippen LogP contribution is 2.34. The Morgan fingerprint density at radius 3 is 2.57 bits per heavy atom. The first-order chi connectivity index (χ1) is 17.7. The van der Waals surface area contributed by atoms with Crippen molar-refractivity contribution >= 4 is 23.4 Å². The number of aryl methyl sites for hydroxylation is 1. The van der Waals surface area contributed by atoms with E-state index in [0.717, 1.165) is 24.2 Å². The number of amides is 1. The van der Waals surface area contributed by atoms with E-state index in [1.165, 1.54) is 28.0 Å². The van der Waals surface area contributed by atoms with E-state index in [-0.39, 0.29) is 42.7 Å². The third-order valence-corrected chi connectivity index (χ3v) is 5.57. The van der Waals surface area contributed by atoms with E-state index in [1.807, 2.05) is 0 Å². The molecule has 0 bridgehead atoms. The second kappa shape index (κ2) is 9.48. The normalized spacial score (nSPS) is 14.5. The van der Waals surface area contributed by atoms with Crippen LogP contribution in [-0.4, -0.2) is 59.6 Å². The molecule has 5 rings (SSSR count). The summed E-state index contributed by atoms with van der Waals surface area (Å²) in [6, 6.07) is 4.01. The highest BCUT2D eigenvalue weighted by atomic mass is 19.3. The SMILES string of the molecule is Cc1cc(Nc2cc(C(F)F)cc(N3CC(F)(C(=O)NCc4cnc(-n5cc(F)cn5)cn4)C3)n2)n[nH]1. The average molecular weight is 516 g/mol. The van der Waals surface area contributed by atoms with E-state index in [0.29, 0.717) is 11.5 Å². The molecule has 0 saturated carbocycles. The zero-order valence-electron chi connectivity index (χ0n) is 19.3. The van der Waals surface area contributed by atoms with Gasteiger partial charge in [-0.15, -0.1) is 0 Å². The fraction of sp³-hybridized carbons (Fsp3) is 0.273. The number of anilines is 3. The summed E-state index contributed by atoms with van der Waals surface area (Å²) in [6.45, 7) is 0.954. The minimum absolute atomic E-state index is 0.0957. The molecule has 1 saturated heterocycles. The van der Waals surface area contributed by atoms with E-state index in [1.54, 1.807) is 13.0 Å². The number of aromatic amines is 1. The summed E-state index contributed by atoms with van der Waals surface area (Å²) in [5, 5.41) is 15.8. The number of hydrogen-bond acceptors (Lipinski definition) is 8. The van der Waals surface area contributed by atoms with Crippen molar-refractivity contribution in [3.05, 3.63) is 65.8 Å². The third kappa shape index (κ3) is 5.19. The zero-order chi connectivity index (χ0) is 26.2. The van der Waals surface area contributed by atoms with Crippen LogP contribution >= 0.6 is 0 Å². The van der Waals surface area contributed by atoms with Crippen LogP contribution < -0.4 is 15.5 Å². The molecule has 3 N–H and O–H groups in total. The fourth-order valence-corrected chi connectivity index (χ4v) is 3.68. The smallest absolute Gasteiger partial charge is 0.264 e. The molecular weight excluding hydrogens is 496 g/mol. The summed E-state index contributed by atoms with van der Waals surface area (Å²) in [5.74, 6) is -0.537. The zero-order valence-corrected chi connectivity index (χ0v) is 19.3. The van der Waals surface area contributed by atoms with Gasteiger partial charge in [-0.05, 0) is 19.1 Å². The van der Waals surface area contributed by atoms with Crippen LogP contribution in [-0.2, 0) is 11.3 Å². The molecule has 1 amide bonds. The molecule has 0 aliphatic carbocycles. The van der Waals surface area contributed by atoms with Crippen molar-refractivity contribution in [3.63, 3.8) is 0 Å². The molecule has 4 aromatic rings. The lowest BCUT2D eigenvalue weighted by Gasteiger charge is -2.43. The Morgan fingerprint density at radius 1 is 1.14 bits per heavy atom. The molecular formula is C22H20F4N10O. The van der Waals surface area contributed by atoms with Crippen molar-refractivity contribution in [2.45, 2.75) is 25.6 Å². The van der Waals surface area contributed by atoms with Gasteiger partial charge in [-0.1, -0.05) is 0 Å². The number of halogens is 4. The van der Waals surface area contributed by atoms with Crippen molar-refractivity contribution in [1.29, 1.82) is 0 Å². The van der Waals surface area contributed by atoms with Gasteiger partial charge in [0.25, 0.3) is 12.3 Å². The highest BCUT2D eigenvalue weighted by molar-refractivity contribution is 5.88. The van der Waals surface area contributed by atoms with E-state index in [9.17, 15) is 18.0 Å². The van der Waals surface area contributed by atoms with Gasteiger partial charge >= 0.3 is 0 Å². The first-order valence-electron chi connectivity index (χ1n) is 11.0. The van der Waals surface area contributed by atoms with Crippen LogP contribution in [0.5, 0.6) is 0 Å². The molecule has 37 heavy (non-hydrogen) atoms. The van der Waals surface area contributed by atoms with Crippen molar-refractivity contribution in [1.82, 2.24) is 40.2 Å². The van der Waals surface area contributed by atoms with E-state index >= 15 is 4.39 Å². The molecule has 0 radical (unpaired) electrons. The van der Waals surface area contributed by atoms with Gasteiger partial charge < -0.3 is 15.5 Å². The average Bonchev–Trinajstić information content (AvgIpc) is 3.48. The molecule has 0 spiro atoms. The minimum Gasteiger partial charge on any atom is -0.349 e. The predicted octanol–water partition coefficient (Wildman–Crippen LogP) is 2.75. The minimum atomic E-state index is -2.78. The fourth-order valence-electron chi connectivity index (χ4n) is 3.68. The number of H-pyrrole nitrogens is 1. The van der Waals surface area contributed by atoms with Crippen LogP contribution in [0.15, 0.2) is 43.0 Å². The number of alkyl halides is 3. The standard InChI is InChI=1S/C22H20F4N10O/c1-12-2-17(34-33-12)31-16-3-13(20(24)25)4-18(32-16)35-10-22(26,11-35)21(37)29-7-15-6-28-19(8-27-15)36-9-14(23)5-30-36/h2-6,8-9,20H,7,10-11H2,1H3,(H,29,37)(H2,31,32,33,34). The quantitative estimate of drug-likeness (QED) is 0.305. The Balaban J connectivity index is 1.20. The number of rotatable bonds is 8. The number of hydrogen-bond donors (Lipinski definition) is 3. The summed E-state index contributed by atoms with van der Waals surface area (Å²) in [5.41, 5.74) is -1.44. The Hall–Kier alpha value is -4.56. The van der Waals surface area contributed by atoms with Gasteiger partial charge in [0, 0.05) is 17.3 Å². The first-order valence-corrected chi connectivity index (χ1v) is 11.0. The third-order valence-electron chi connectivity index (χ3n) is 5.57. The molecule has 4 aromatic heterocycles. The number of carbonyl (C=O) groups excluding carboxylic acids is 1. The lowest BCUT2D eigenvalue weighted by Crippen LogP contribution is -2.66. The molecule has 0 atom stereocenters. The van der Waals surface area contributed by atoms with Crippen LogP contribution in [0.3, 0.4) is 0 Å². The van der Waals surface area contributed by atoms with Crippen molar-refractivity contribution in [2.24, 2.45) is 0 Å². The van der Waals surface area contributed by atoms with Crippen LogP contribution in [0.4, 0.5) is 35.0 Å². The van der Waals surface area contributed by atoms with Crippen molar-refractivity contribution in [3.8, 4) is 5.82 Å². The second-order valence-electron chi connectivity index (χ2n) is 8.48. The number of carbonyl (C=O) groups is 1. The lowest BCUT2D eigenvalue weighted by molar-refractivity contribution is -0.134. The number of aromatic nitrogens is 7. The molecule has 0 unspecified atom stereocenters. The molecule has 15 heteroatoms. The van der Waals surface area contributed by atoms with Crippen molar-refractivity contribution < 1.29 is 22.4 Å². The van der Waals surface area contributed by atoms with Gasteiger partial charge in [0.05, 0.1) is 50.1 Å². The Kier molecular flexibility index (Phi) is 6.19. The van der Waals surface area contributed by atoms with Crippen molar-refractivity contribution in [2.75, 3.05) is 23.3 Å². The summed E-state index contributed by atoms with van der Waals surface area (Å²) in [7, 11) is 0. The van der Waals surface area contributed by atoms with Gasteiger partial charge in [0.1, 0.15) is 11.6 Å². The summed E-state index contributed by atoms with van der Waals surface area (Å²) in [4.78, 5) is 26.4. The largest absolute Gasteiger partial charge is 0.349 e. The summed E-state index contributed by atoms with van der Waals surface area (Å²) < 4.78 is 56.4. The number of nitrogens with zero attached hydrogens (tertiary/aromatic N) is 7. The van der Waals surface area contributed by atoms with E-state index in [2.05, 4.69) is 40.9 Å². The van der Waals surface area contributed by atoms with Crippen LogP contribution in [0.2, 0.25) is 0 Å². The van der Waals surface area contributed by atoms with Gasteiger partial charge in [-0.2, -0.15) is 10.2 Å². The van der Waals surface area contributed by atoms with Crippen LogP contribution in [0.1, 0.15) is 23.4 Å². The highest BCUT2D eigenvalue weighted by Gasteiger charge is 2.50. The maximum atomic E-state index is 15.2. The first kappa shape index (κ1) is 24.1. The van der Waals surface area contributed by atoms with E-state index in [4.69, 9.17) is 0 Å². The maximum absolute atomic E-state index is 15.2. The van der Waals surface area contributed by atoms with Gasteiger partial charge in [-0.3, -0.25) is 14.9 Å². The Labute approximate surface area is 206 Å². The Bertz CT molecular complexity index is 1420. The van der Waals surface area contributed by atoms with Gasteiger partial charge in [0.2, 0.25) is 5.67 Å². The lowest BCUT2D eigenvalue weighted by atomic mass is 9.95. The second-order valence-corrected chi connectivity index (χ2v) is 8.48. The topological polar surface area (TPSA) is 130 Å². The Morgan fingerprint density at radius 2 is 1.95 bits per heavy atom. The summed E-state index contributed by atoms with van der Waals surface area (Å²) in [6.07, 6.45) is 2.06. The van der Waals surface area contributed by atoms with E-state index < -0.39 is 23.8 Å². The molecule has 0 aromatic carbocycles. The molecule has 11 nitrogen and oxygen atoms in total. The number of nitrogens with one attached hydrogen (secondary N) is 3. The molecule has 1 aliphatic heterocycles. The monoisotopic (exact) mass is 516 g/mol. The molecule has 1 fully saturated rings. The van der Waals surface area contributed by atoms with Crippen LogP contribution in [0, 0.1) is 12.7 Å².